The molecule has 1 aromatic rings. The van der Waals surface area contributed by atoms with Crippen LogP contribution in [0.4, 0.5) is 5.69 Å². The van der Waals surface area contributed by atoms with Crippen molar-refractivity contribution in [2.45, 2.75) is 32.9 Å². The van der Waals surface area contributed by atoms with Crippen LogP contribution in [0, 0.1) is 0 Å². The van der Waals surface area contributed by atoms with Gasteiger partial charge < -0.3 is 10.6 Å². The monoisotopic (exact) mass is 296 g/mol. The highest BCUT2D eigenvalue weighted by Crippen LogP contribution is 2.30. The Bertz CT molecular complexity index is 386. The van der Waals surface area contributed by atoms with Gasteiger partial charge in [-0.3, -0.25) is 0 Å². The fourth-order valence-electron chi connectivity index (χ4n) is 1.77. The number of nitrogens with two attached hydrogens (primary N) is 1. The highest BCUT2D eigenvalue weighted by atomic mass is 79.9. The minimum absolute atomic E-state index is 0.0623. The topological polar surface area (TPSA) is 29.3 Å². The molecule has 1 rings (SSSR count). The number of anilines is 1. The molecule has 2 N–H and O–H groups in total. The molecule has 0 aliphatic carbocycles. The average Bonchev–Trinajstić information content (AvgIpc) is 2.26. The number of benzene rings is 1. The lowest BCUT2D eigenvalue weighted by atomic mass is 10.1. The first-order valence-corrected chi connectivity index (χ1v) is 6.69. The molecule has 0 aromatic heterocycles. The van der Waals surface area contributed by atoms with E-state index in [4.69, 9.17) is 5.73 Å². The maximum absolute atomic E-state index is 5.88. The molecule has 0 saturated carbocycles. The Morgan fingerprint density at radius 2 is 2.06 bits per heavy atom. The Morgan fingerprint density at radius 3 is 2.47 bits per heavy atom. The summed E-state index contributed by atoms with van der Waals surface area (Å²) in [6, 6.07) is 6.80. The third-order valence-corrected chi connectivity index (χ3v) is 3.39. The summed E-state index contributed by atoms with van der Waals surface area (Å²) in [4.78, 5) is 2.29. The third kappa shape index (κ3) is 3.58. The largest absolute Gasteiger partial charge is 0.364 e. The van der Waals surface area contributed by atoms with E-state index in [0.717, 1.165) is 16.6 Å². The van der Waals surface area contributed by atoms with E-state index in [1.165, 1.54) is 5.69 Å². The van der Waals surface area contributed by atoms with Crippen molar-refractivity contribution in [1.82, 2.24) is 0 Å². The van der Waals surface area contributed by atoms with E-state index in [2.05, 4.69) is 59.5 Å². The van der Waals surface area contributed by atoms with Crippen molar-refractivity contribution < 1.29 is 0 Å². The summed E-state index contributed by atoms with van der Waals surface area (Å²) in [5, 5.41) is 0. The van der Waals surface area contributed by atoms with E-state index >= 15 is 0 Å². The van der Waals surface area contributed by atoms with Crippen LogP contribution in [-0.2, 0) is 0 Å². The first-order valence-electron chi connectivity index (χ1n) is 5.90. The highest BCUT2D eigenvalue weighted by Gasteiger charge is 2.13. The minimum Gasteiger partial charge on any atom is -0.364 e. The summed E-state index contributed by atoms with van der Waals surface area (Å²) < 4.78 is 1.09. The van der Waals surface area contributed by atoms with Gasteiger partial charge in [-0.2, -0.15) is 0 Å². The van der Waals surface area contributed by atoms with E-state index < -0.39 is 0 Å². The van der Waals surface area contributed by atoms with Crippen LogP contribution in [-0.4, -0.2) is 12.6 Å². The van der Waals surface area contributed by atoms with Crippen molar-refractivity contribution in [3.63, 3.8) is 0 Å². The van der Waals surface area contributed by atoms with Gasteiger partial charge in [0.25, 0.3) is 0 Å². The summed E-state index contributed by atoms with van der Waals surface area (Å²) in [6.45, 7) is 11.0. The van der Waals surface area contributed by atoms with E-state index in [9.17, 15) is 0 Å². The van der Waals surface area contributed by atoms with Crippen molar-refractivity contribution in [1.29, 1.82) is 0 Å². The van der Waals surface area contributed by atoms with E-state index in [-0.39, 0.29) is 6.04 Å². The number of hydrogen-bond acceptors (Lipinski definition) is 2. The molecule has 0 spiro atoms. The molecule has 3 heteroatoms. The van der Waals surface area contributed by atoms with Gasteiger partial charge in [0.2, 0.25) is 0 Å². The molecular weight excluding hydrogens is 276 g/mol. The van der Waals surface area contributed by atoms with Crippen molar-refractivity contribution in [2.75, 3.05) is 11.4 Å². The standard InChI is InChI=1S/C14H21BrN2/c1-5-8-17(10(2)3)14-7-6-12(11(4)16)9-13(14)15/h5-7,9-11H,1,8,16H2,2-4H3/t11-/m0/s1. The lowest BCUT2D eigenvalue weighted by Gasteiger charge is -2.29. The predicted molar refractivity (Wildman–Crippen MR) is 79.4 cm³/mol. The van der Waals surface area contributed by atoms with E-state index in [0.29, 0.717) is 6.04 Å². The van der Waals surface area contributed by atoms with Crippen LogP contribution in [0.2, 0.25) is 0 Å². The average molecular weight is 297 g/mol. The molecular formula is C14H21BrN2. The molecule has 0 bridgehead atoms. The zero-order chi connectivity index (χ0) is 13.0. The number of rotatable bonds is 5. The second-order valence-electron chi connectivity index (χ2n) is 4.53. The lowest BCUT2D eigenvalue weighted by Crippen LogP contribution is -2.31. The smallest absolute Gasteiger partial charge is 0.0515 e. The predicted octanol–water partition coefficient (Wildman–Crippen LogP) is 3.87. The summed E-state index contributed by atoms with van der Waals surface area (Å²) in [5.74, 6) is 0. The summed E-state index contributed by atoms with van der Waals surface area (Å²) in [7, 11) is 0. The second kappa shape index (κ2) is 6.22. The normalized spacial score (nSPS) is 12.6. The fourth-order valence-corrected chi connectivity index (χ4v) is 2.39. The van der Waals surface area contributed by atoms with Gasteiger partial charge >= 0.3 is 0 Å². The Labute approximate surface area is 113 Å². The molecule has 0 fully saturated rings. The second-order valence-corrected chi connectivity index (χ2v) is 5.39. The minimum atomic E-state index is 0.0623. The van der Waals surface area contributed by atoms with Gasteiger partial charge in [-0.15, -0.1) is 6.58 Å². The van der Waals surface area contributed by atoms with E-state index in [1.54, 1.807) is 0 Å². The van der Waals surface area contributed by atoms with Crippen LogP contribution in [0.1, 0.15) is 32.4 Å². The van der Waals surface area contributed by atoms with Crippen LogP contribution in [0.5, 0.6) is 0 Å². The fraction of sp³-hybridized carbons (Fsp3) is 0.429. The highest BCUT2D eigenvalue weighted by molar-refractivity contribution is 9.10. The van der Waals surface area contributed by atoms with Gasteiger partial charge in [0.1, 0.15) is 0 Å². The van der Waals surface area contributed by atoms with Gasteiger partial charge in [-0.05, 0) is 54.4 Å². The SMILES string of the molecule is C=CCN(c1ccc([C@H](C)N)cc1Br)C(C)C. The van der Waals surface area contributed by atoms with Crippen molar-refractivity contribution >= 4 is 21.6 Å². The molecule has 0 amide bonds. The Kier molecular flexibility index (Phi) is 5.22. The summed E-state index contributed by atoms with van der Waals surface area (Å²) >= 11 is 3.62. The lowest BCUT2D eigenvalue weighted by molar-refractivity contribution is 0.721. The van der Waals surface area contributed by atoms with Crippen LogP contribution in [0.25, 0.3) is 0 Å². The summed E-state index contributed by atoms with van der Waals surface area (Å²) in [6.07, 6.45) is 1.92. The van der Waals surface area contributed by atoms with Crippen molar-refractivity contribution in [3.05, 3.63) is 40.9 Å². The molecule has 0 unspecified atom stereocenters. The van der Waals surface area contributed by atoms with Crippen molar-refractivity contribution in [2.24, 2.45) is 5.73 Å². The maximum atomic E-state index is 5.88. The van der Waals surface area contributed by atoms with Gasteiger partial charge in [-0.25, -0.2) is 0 Å². The molecule has 1 aromatic carbocycles. The van der Waals surface area contributed by atoms with Crippen molar-refractivity contribution in [3.8, 4) is 0 Å². The molecule has 94 valence electrons. The van der Waals surface area contributed by atoms with Gasteiger partial charge in [0, 0.05) is 23.1 Å². The zero-order valence-electron chi connectivity index (χ0n) is 10.8. The number of halogens is 1. The maximum Gasteiger partial charge on any atom is 0.0515 e. The first-order chi connectivity index (χ1) is 7.97. The van der Waals surface area contributed by atoms with Gasteiger partial charge in [0.05, 0.1) is 5.69 Å². The zero-order valence-corrected chi connectivity index (χ0v) is 12.4. The first kappa shape index (κ1) is 14.3. The Balaban J connectivity index is 3.08. The molecule has 0 saturated heterocycles. The molecule has 0 aliphatic rings. The van der Waals surface area contributed by atoms with Crippen LogP contribution >= 0.6 is 15.9 Å². The molecule has 0 heterocycles. The van der Waals surface area contributed by atoms with Crippen LogP contribution in [0.3, 0.4) is 0 Å². The molecule has 1 atom stereocenters. The molecule has 2 nitrogen and oxygen atoms in total. The van der Waals surface area contributed by atoms with Crippen LogP contribution < -0.4 is 10.6 Å². The van der Waals surface area contributed by atoms with Gasteiger partial charge in [0.15, 0.2) is 0 Å². The number of nitrogens with zero attached hydrogens (tertiary/aromatic N) is 1. The Morgan fingerprint density at radius 1 is 1.41 bits per heavy atom. The third-order valence-electron chi connectivity index (χ3n) is 2.76. The summed E-state index contributed by atoms with van der Waals surface area (Å²) in [5.41, 5.74) is 8.20. The Hall–Kier alpha value is -0.800. The quantitative estimate of drug-likeness (QED) is 0.836. The van der Waals surface area contributed by atoms with Crippen LogP contribution in [0.15, 0.2) is 35.3 Å². The molecule has 0 radical (unpaired) electrons. The molecule has 17 heavy (non-hydrogen) atoms. The number of hydrogen-bond donors (Lipinski definition) is 1. The molecule has 0 aliphatic heterocycles. The van der Waals surface area contributed by atoms with E-state index in [1.807, 2.05) is 13.0 Å². The van der Waals surface area contributed by atoms with Gasteiger partial charge in [-0.1, -0.05) is 12.1 Å².